The summed E-state index contributed by atoms with van der Waals surface area (Å²) in [5.41, 5.74) is 7.13. The highest BCUT2D eigenvalue weighted by atomic mass is 32.1. The van der Waals surface area contributed by atoms with Gasteiger partial charge in [0.25, 0.3) is 0 Å². The predicted molar refractivity (Wildman–Crippen MR) is 68.2 cm³/mol. The summed E-state index contributed by atoms with van der Waals surface area (Å²) in [6.45, 7) is 4.32. The van der Waals surface area contributed by atoms with Crippen LogP contribution >= 0.6 is 11.3 Å². The standard InChI is InChI=1S/C12H22N2S/c1-11(13)5-3-4-7-14(2)9-12-6-8-15-10-12/h6,8,10-11H,3-5,7,9,13H2,1-2H3. The van der Waals surface area contributed by atoms with Crippen LogP contribution in [-0.4, -0.2) is 24.5 Å². The Morgan fingerprint density at radius 2 is 2.27 bits per heavy atom. The molecule has 1 heterocycles. The molecule has 0 bridgehead atoms. The van der Waals surface area contributed by atoms with Crippen LogP contribution in [0.3, 0.4) is 0 Å². The van der Waals surface area contributed by atoms with Crippen LogP contribution in [0.4, 0.5) is 0 Å². The summed E-state index contributed by atoms with van der Waals surface area (Å²) in [7, 11) is 2.18. The maximum absolute atomic E-state index is 5.71. The lowest BCUT2D eigenvalue weighted by atomic mass is 10.1. The quantitative estimate of drug-likeness (QED) is 0.724. The Balaban J connectivity index is 2.06. The zero-order valence-corrected chi connectivity index (χ0v) is 10.6. The van der Waals surface area contributed by atoms with E-state index in [9.17, 15) is 0 Å². The van der Waals surface area contributed by atoms with Gasteiger partial charge >= 0.3 is 0 Å². The molecule has 0 amide bonds. The minimum atomic E-state index is 0.354. The fourth-order valence-corrected chi connectivity index (χ4v) is 2.28. The second-order valence-electron chi connectivity index (χ2n) is 4.34. The Morgan fingerprint density at radius 1 is 1.47 bits per heavy atom. The fourth-order valence-electron chi connectivity index (χ4n) is 1.62. The third-order valence-electron chi connectivity index (χ3n) is 2.48. The van der Waals surface area contributed by atoms with Crippen LogP contribution in [0.25, 0.3) is 0 Å². The molecule has 2 N–H and O–H groups in total. The first kappa shape index (κ1) is 12.7. The summed E-state index contributed by atoms with van der Waals surface area (Å²) in [5.74, 6) is 0. The average Bonchev–Trinajstić information content (AvgIpc) is 2.64. The van der Waals surface area contributed by atoms with E-state index in [0.717, 1.165) is 13.0 Å². The van der Waals surface area contributed by atoms with E-state index in [1.54, 1.807) is 11.3 Å². The molecular formula is C12H22N2S. The summed E-state index contributed by atoms with van der Waals surface area (Å²) in [6, 6.07) is 2.55. The van der Waals surface area contributed by atoms with Crippen molar-refractivity contribution in [2.24, 2.45) is 5.73 Å². The Hall–Kier alpha value is -0.380. The number of thiophene rings is 1. The summed E-state index contributed by atoms with van der Waals surface area (Å²) in [4.78, 5) is 2.38. The van der Waals surface area contributed by atoms with Crippen LogP contribution in [0.15, 0.2) is 16.8 Å². The first-order valence-electron chi connectivity index (χ1n) is 5.63. The average molecular weight is 226 g/mol. The first-order chi connectivity index (χ1) is 7.18. The SMILES string of the molecule is CC(N)CCCCN(C)Cc1ccsc1. The Kier molecular flexibility index (Phi) is 5.91. The molecule has 1 aromatic rings. The molecule has 0 radical (unpaired) electrons. The van der Waals surface area contributed by atoms with Crippen molar-refractivity contribution in [2.75, 3.05) is 13.6 Å². The normalized spacial score (nSPS) is 13.3. The topological polar surface area (TPSA) is 29.3 Å². The lowest BCUT2D eigenvalue weighted by Crippen LogP contribution is -2.20. The number of hydrogen-bond donors (Lipinski definition) is 1. The maximum Gasteiger partial charge on any atom is 0.0238 e. The van der Waals surface area contributed by atoms with Crippen LogP contribution in [0.5, 0.6) is 0 Å². The molecule has 1 unspecified atom stereocenters. The van der Waals surface area contributed by atoms with Crippen molar-refractivity contribution in [1.82, 2.24) is 4.90 Å². The molecule has 1 rings (SSSR count). The van der Waals surface area contributed by atoms with Crippen LogP contribution in [0.1, 0.15) is 31.7 Å². The van der Waals surface area contributed by atoms with Crippen LogP contribution in [-0.2, 0) is 6.54 Å². The van der Waals surface area contributed by atoms with Gasteiger partial charge in [-0.15, -0.1) is 0 Å². The molecule has 0 aliphatic carbocycles. The third-order valence-corrected chi connectivity index (χ3v) is 3.21. The first-order valence-corrected chi connectivity index (χ1v) is 6.58. The summed E-state index contributed by atoms with van der Waals surface area (Å²) in [6.07, 6.45) is 3.64. The molecular weight excluding hydrogens is 204 g/mol. The molecule has 0 saturated heterocycles. The fraction of sp³-hybridized carbons (Fsp3) is 0.667. The Labute approximate surface area is 97.1 Å². The molecule has 0 aliphatic heterocycles. The van der Waals surface area contributed by atoms with Crippen LogP contribution in [0.2, 0.25) is 0 Å². The molecule has 3 heteroatoms. The van der Waals surface area contributed by atoms with E-state index < -0.39 is 0 Å². The lowest BCUT2D eigenvalue weighted by Gasteiger charge is -2.15. The van der Waals surface area contributed by atoms with Gasteiger partial charge < -0.3 is 10.6 Å². The van der Waals surface area contributed by atoms with E-state index in [1.165, 1.54) is 24.9 Å². The Morgan fingerprint density at radius 3 is 2.87 bits per heavy atom. The van der Waals surface area contributed by atoms with E-state index >= 15 is 0 Å². The minimum Gasteiger partial charge on any atom is -0.328 e. The number of hydrogen-bond acceptors (Lipinski definition) is 3. The zero-order valence-electron chi connectivity index (χ0n) is 9.78. The molecule has 2 nitrogen and oxygen atoms in total. The van der Waals surface area contributed by atoms with E-state index in [0.29, 0.717) is 6.04 Å². The van der Waals surface area contributed by atoms with Gasteiger partial charge in [-0.2, -0.15) is 11.3 Å². The van der Waals surface area contributed by atoms with Crippen molar-refractivity contribution < 1.29 is 0 Å². The van der Waals surface area contributed by atoms with E-state index in [1.807, 2.05) is 0 Å². The smallest absolute Gasteiger partial charge is 0.0238 e. The molecule has 0 spiro atoms. The van der Waals surface area contributed by atoms with E-state index in [4.69, 9.17) is 5.73 Å². The molecule has 86 valence electrons. The maximum atomic E-state index is 5.71. The number of unbranched alkanes of at least 4 members (excludes halogenated alkanes) is 1. The summed E-state index contributed by atoms with van der Waals surface area (Å²) in [5, 5.41) is 4.36. The van der Waals surface area contributed by atoms with E-state index in [2.05, 4.69) is 35.7 Å². The van der Waals surface area contributed by atoms with Crippen molar-refractivity contribution >= 4 is 11.3 Å². The second kappa shape index (κ2) is 6.99. The highest BCUT2D eigenvalue weighted by Crippen LogP contribution is 2.09. The summed E-state index contributed by atoms with van der Waals surface area (Å²) >= 11 is 1.77. The molecule has 0 aliphatic rings. The van der Waals surface area contributed by atoms with Gasteiger partial charge in [-0.05, 0) is 55.7 Å². The van der Waals surface area contributed by atoms with Crippen LogP contribution < -0.4 is 5.73 Å². The number of rotatable bonds is 7. The predicted octanol–water partition coefficient (Wildman–Crippen LogP) is 2.70. The van der Waals surface area contributed by atoms with Gasteiger partial charge in [-0.3, -0.25) is 0 Å². The van der Waals surface area contributed by atoms with Crippen molar-refractivity contribution in [1.29, 1.82) is 0 Å². The Bertz CT molecular complexity index is 244. The minimum absolute atomic E-state index is 0.354. The highest BCUT2D eigenvalue weighted by molar-refractivity contribution is 7.07. The van der Waals surface area contributed by atoms with Gasteiger partial charge in [-0.25, -0.2) is 0 Å². The zero-order chi connectivity index (χ0) is 11.1. The van der Waals surface area contributed by atoms with Gasteiger partial charge in [0.15, 0.2) is 0 Å². The van der Waals surface area contributed by atoms with Crippen molar-refractivity contribution in [3.63, 3.8) is 0 Å². The molecule has 1 aromatic heterocycles. The molecule has 15 heavy (non-hydrogen) atoms. The van der Waals surface area contributed by atoms with Crippen molar-refractivity contribution in [3.05, 3.63) is 22.4 Å². The monoisotopic (exact) mass is 226 g/mol. The molecule has 1 atom stereocenters. The van der Waals surface area contributed by atoms with Gasteiger partial charge in [0.05, 0.1) is 0 Å². The van der Waals surface area contributed by atoms with E-state index in [-0.39, 0.29) is 0 Å². The van der Waals surface area contributed by atoms with Gasteiger partial charge in [0, 0.05) is 12.6 Å². The van der Waals surface area contributed by atoms with Crippen molar-refractivity contribution in [2.45, 2.75) is 38.8 Å². The molecule has 0 saturated carbocycles. The molecule has 0 fully saturated rings. The molecule has 0 aromatic carbocycles. The largest absolute Gasteiger partial charge is 0.328 e. The number of nitrogens with two attached hydrogens (primary N) is 1. The van der Waals surface area contributed by atoms with Gasteiger partial charge in [0.1, 0.15) is 0 Å². The highest BCUT2D eigenvalue weighted by Gasteiger charge is 2.01. The van der Waals surface area contributed by atoms with Crippen LogP contribution in [0, 0.1) is 0 Å². The van der Waals surface area contributed by atoms with Gasteiger partial charge in [-0.1, -0.05) is 6.42 Å². The van der Waals surface area contributed by atoms with Gasteiger partial charge in [0.2, 0.25) is 0 Å². The third kappa shape index (κ3) is 5.92. The lowest BCUT2D eigenvalue weighted by molar-refractivity contribution is 0.316. The second-order valence-corrected chi connectivity index (χ2v) is 5.12. The van der Waals surface area contributed by atoms with Crippen molar-refractivity contribution in [3.8, 4) is 0 Å². The number of nitrogens with zero attached hydrogens (tertiary/aromatic N) is 1. The summed E-state index contributed by atoms with van der Waals surface area (Å²) < 4.78 is 0.